The predicted octanol–water partition coefficient (Wildman–Crippen LogP) is 3.85. The molecule has 23 heavy (non-hydrogen) atoms. The number of hydrogen-bond acceptors (Lipinski definition) is 4. The highest BCUT2D eigenvalue weighted by molar-refractivity contribution is 5.21. The lowest BCUT2D eigenvalue weighted by Gasteiger charge is -2.33. The molecule has 1 atom stereocenters. The molecule has 0 N–H and O–H groups in total. The van der Waals surface area contributed by atoms with E-state index in [4.69, 9.17) is 14.1 Å². The Kier molecular flexibility index (Phi) is 4.55. The minimum atomic E-state index is -0.000932. The van der Waals surface area contributed by atoms with E-state index in [-0.39, 0.29) is 11.5 Å². The van der Waals surface area contributed by atoms with Gasteiger partial charge in [0.25, 0.3) is 0 Å². The summed E-state index contributed by atoms with van der Waals surface area (Å²) in [7, 11) is 0. The number of aromatic nitrogens is 1. The number of hydrogen-bond donors (Lipinski definition) is 0. The van der Waals surface area contributed by atoms with Crippen LogP contribution in [0, 0.1) is 6.92 Å². The molecule has 0 bridgehead atoms. The van der Waals surface area contributed by atoms with Gasteiger partial charge < -0.3 is 9.15 Å². The second-order valence-electron chi connectivity index (χ2n) is 7.37. The van der Waals surface area contributed by atoms with Gasteiger partial charge in [-0.05, 0) is 12.5 Å². The number of rotatable bonds is 3. The molecule has 1 fully saturated rings. The van der Waals surface area contributed by atoms with Gasteiger partial charge in [0.1, 0.15) is 12.3 Å². The van der Waals surface area contributed by atoms with Crippen LogP contribution in [0.5, 0.6) is 0 Å². The minimum Gasteiger partial charge on any atom is -0.447 e. The van der Waals surface area contributed by atoms with Crippen molar-refractivity contribution in [3.63, 3.8) is 0 Å². The standard InChI is InChI=1S/C19H26N2O2/c1-14-5-7-15(8-6-14)11-21-9-10-22-12-16(21)18-20-17(13-23-18)19(2,3)4/h5-8,13,16H,9-12H2,1-4H3/t16-/m0/s1. The number of nitrogens with zero attached hydrogens (tertiary/aromatic N) is 2. The first-order chi connectivity index (χ1) is 10.9. The summed E-state index contributed by atoms with van der Waals surface area (Å²) in [5.74, 6) is 0.765. The summed E-state index contributed by atoms with van der Waals surface area (Å²) in [5.41, 5.74) is 3.59. The minimum absolute atomic E-state index is 0.000932. The number of ether oxygens (including phenoxy) is 1. The SMILES string of the molecule is Cc1ccc(CN2CCOC[C@H]2c2nc(C(C)(C)C)co2)cc1. The molecule has 0 amide bonds. The Morgan fingerprint density at radius 2 is 1.96 bits per heavy atom. The van der Waals surface area contributed by atoms with Gasteiger partial charge in [-0.2, -0.15) is 0 Å². The molecule has 3 rings (SSSR count). The third-order valence-corrected chi connectivity index (χ3v) is 4.32. The molecule has 0 saturated carbocycles. The van der Waals surface area contributed by atoms with Crippen LogP contribution < -0.4 is 0 Å². The molecule has 0 radical (unpaired) electrons. The molecule has 2 aromatic rings. The van der Waals surface area contributed by atoms with Crippen LogP contribution in [0.2, 0.25) is 0 Å². The van der Waals surface area contributed by atoms with Gasteiger partial charge in [-0.1, -0.05) is 50.6 Å². The van der Waals surface area contributed by atoms with E-state index >= 15 is 0 Å². The van der Waals surface area contributed by atoms with Crippen LogP contribution in [-0.4, -0.2) is 29.6 Å². The molecule has 1 saturated heterocycles. The summed E-state index contributed by atoms with van der Waals surface area (Å²) in [5, 5.41) is 0. The number of morpholine rings is 1. The Bertz CT molecular complexity index is 640. The van der Waals surface area contributed by atoms with E-state index in [1.165, 1.54) is 11.1 Å². The summed E-state index contributed by atoms with van der Waals surface area (Å²) in [4.78, 5) is 7.12. The molecule has 0 spiro atoms. The third-order valence-electron chi connectivity index (χ3n) is 4.32. The zero-order valence-electron chi connectivity index (χ0n) is 14.5. The second kappa shape index (κ2) is 6.46. The molecule has 4 heteroatoms. The molecule has 4 nitrogen and oxygen atoms in total. The highest BCUT2D eigenvalue weighted by Gasteiger charge is 2.30. The number of oxazole rings is 1. The van der Waals surface area contributed by atoms with Crippen molar-refractivity contribution in [3.8, 4) is 0 Å². The van der Waals surface area contributed by atoms with Crippen molar-refractivity contribution in [1.82, 2.24) is 9.88 Å². The normalized spacial score (nSPS) is 19.9. The molecule has 2 heterocycles. The van der Waals surface area contributed by atoms with E-state index in [2.05, 4.69) is 56.9 Å². The van der Waals surface area contributed by atoms with Crippen LogP contribution in [0.4, 0.5) is 0 Å². The molecule has 1 aliphatic rings. The molecule has 124 valence electrons. The van der Waals surface area contributed by atoms with Crippen molar-refractivity contribution in [3.05, 3.63) is 53.2 Å². The van der Waals surface area contributed by atoms with Crippen molar-refractivity contribution < 1.29 is 9.15 Å². The van der Waals surface area contributed by atoms with Crippen molar-refractivity contribution in [2.24, 2.45) is 0 Å². The van der Waals surface area contributed by atoms with Gasteiger partial charge in [-0.25, -0.2) is 4.98 Å². The fraction of sp³-hybridized carbons (Fsp3) is 0.526. The monoisotopic (exact) mass is 314 g/mol. The first-order valence-corrected chi connectivity index (χ1v) is 8.27. The highest BCUT2D eigenvalue weighted by Crippen LogP contribution is 2.28. The Morgan fingerprint density at radius 3 is 2.61 bits per heavy atom. The van der Waals surface area contributed by atoms with E-state index in [1.807, 2.05) is 0 Å². The Balaban J connectivity index is 1.78. The van der Waals surface area contributed by atoms with E-state index < -0.39 is 0 Å². The zero-order valence-corrected chi connectivity index (χ0v) is 14.5. The van der Waals surface area contributed by atoms with Gasteiger partial charge in [-0.15, -0.1) is 0 Å². The fourth-order valence-corrected chi connectivity index (χ4v) is 2.77. The number of aryl methyl sites for hydroxylation is 1. The quantitative estimate of drug-likeness (QED) is 0.862. The first kappa shape index (κ1) is 16.2. The molecular weight excluding hydrogens is 288 g/mol. The lowest BCUT2D eigenvalue weighted by molar-refractivity contribution is -0.0223. The van der Waals surface area contributed by atoms with Crippen molar-refractivity contribution in [1.29, 1.82) is 0 Å². The fourth-order valence-electron chi connectivity index (χ4n) is 2.77. The average Bonchev–Trinajstić information content (AvgIpc) is 3.00. The Hall–Kier alpha value is -1.65. The van der Waals surface area contributed by atoms with Crippen LogP contribution in [0.15, 0.2) is 34.9 Å². The predicted molar refractivity (Wildman–Crippen MR) is 90.4 cm³/mol. The van der Waals surface area contributed by atoms with E-state index in [0.29, 0.717) is 6.61 Å². The second-order valence-corrected chi connectivity index (χ2v) is 7.37. The topological polar surface area (TPSA) is 38.5 Å². The van der Waals surface area contributed by atoms with Gasteiger partial charge in [0.15, 0.2) is 0 Å². The summed E-state index contributed by atoms with van der Waals surface area (Å²) in [6, 6.07) is 8.79. The Morgan fingerprint density at radius 1 is 1.22 bits per heavy atom. The zero-order chi connectivity index (χ0) is 16.4. The third kappa shape index (κ3) is 3.82. The van der Waals surface area contributed by atoms with Crippen LogP contribution in [-0.2, 0) is 16.7 Å². The maximum atomic E-state index is 5.78. The van der Waals surface area contributed by atoms with Crippen LogP contribution >= 0.6 is 0 Å². The molecule has 1 aliphatic heterocycles. The Labute approximate surface area is 138 Å². The van der Waals surface area contributed by atoms with E-state index in [9.17, 15) is 0 Å². The van der Waals surface area contributed by atoms with Gasteiger partial charge in [0.05, 0.1) is 18.9 Å². The van der Waals surface area contributed by atoms with Crippen molar-refractivity contribution >= 4 is 0 Å². The van der Waals surface area contributed by atoms with Crippen LogP contribution in [0.3, 0.4) is 0 Å². The van der Waals surface area contributed by atoms with E-state index in [1.54, 1.807) is 6.26 Å². The lowest BCUT2D eigenvalue weighted by Crippen LogP contribution is -2.39. The molecule has 1 aromatic heterocycles. The summed E-state index contributed by atoms with van der Waals surface area (Å²) >= 11 is 0. The van der Waals surface area contributed by atoms with Gasteiger partial charge in [-0.3, -0.25) is 4.90 Å². The van der Waals surface area contributed by atoms with Crippen molar-refractivity contribution in [2.45, 2.75) is 45.7 Å². The highest BCUT2D eigenvalue weighted by atomic mass is 16.5. The molecule has 1 aromatic carbocycles. The summed E-state index contributed by atoms with van der Waals surface area (Å²) in [6.45, 7) is 11.7. The van der Waals surface area contributed by atoms with E-state index in [0.717, 1.165) is 31.3 Å². The molecule has 0 aliphatic carbocycles. The molecular formula is C19H26N2O2. The first-order valence-electron chi connectivity index (χ1n) is 8.27. The van der Waals surface area contributed by atoms with Gasteiger partial charge in [0, 0.05) is 18.5 Å². The summed E-state index contributed by atoms with van der Waals surface area (Å²) in [6.07, 6.45) is 1.79. The van der Waals surface area contributed by atoms with Gasteiger partial charge >= 0.3 is 0 Å². The molecule has 0 unspecified atom stereocenters. The van der Waals surface area contributed by atoms with Crippen LogP contribution in [0.1, 0.15) is 49.5 Å². The maximum absolute atomic E-state index is 5.78. The maximum Gasteiger partial charge on any atom is 0.214 e. The van der Waals surface area contributed by atoms with Crippen LogP contribution in [0.25, 0.3) is 0 Å². The largest absolute Gasteiger partial charge is 0.447 e. The number of benzene rings is 1. The van der Waals surface area contributed by atoms with Crippen molar-refractivity contribution in [2.75, 3.05) is 19.8 Å². The van der Waals surface area contributed by atoms with Gasteiger partial charge in [0.2, 0.25) is 5.89 Å². The smallest absolute Gasteiger partial charge is 0.214 e. The summed E-state index contributed by atoms with van der Waals surface area (Å²) < 4.78 is 11.5. The average molecular weight is 314 g/mol. The lowest BCUT2D eigenvalue weighted by atomic mass is 9.93.